The molecule has 0 saturated carbocycles. The van der Waals surface area contributed by atoms with Crippen molar-refractivity contribution >= 4 is 17.4 Å². The maximum absolute atomic E-state index is 5.95. The van der Waals surface area contributed by atoms with Crippen LogP contribution in [0.25, 0.3) is 0 Å². The summed E-state index contributed by atoms with van der Waals surface area (Å²) in [5.74, 6) is 0. The first-order chi connectivity index (χ1) is 9.67. The number of unbranched alkanes of at least 4 members (excludes halogenated alkanes) is 3. The molecule has 3 nitrogen and oxygen atoms in total. The van der Waals surface area contributed by atoms with Crippen LogP contribution in [0.3, 0.4) is 0 Å². The zero-order valence-electron chi connectivity index (χ0n) is 14.0. The van der Waals surface area contributed by atoms with E-state index in [1.165, 1.54) is 57.8 Å². The van der Waals surface area contributed by atoms with Gasteiger partial charge in [-0.25, -0.2) is 0 Å². The Bertz CT molecular complexity index is 190. The summed E-state index contributed by atoms with van der Waals surface area (Å²) >= 11 is 0. The van der Waals surface area contributed by atoms with E-state index in [4.69, 9.17) is 13.4 Å². The Morgan fingerprint density at radius 3 is 1.50 bits per heavy atom. The van der Waals surface area contributed by atoms with Crippen LogP contribution in [0.2, 0.25) is 0 Å². The molecular weight excluding hydrogens is 290 g/mol. The minimum Gasteiger partial charge on any atom is -0.315 e. The fourth-order valence-electron chi connectivity index (χ4n) is 2.36. The molecule has 1 atom stereocenters. The van der Waals surface area contributed by atoms with Crippen molar-refractivity contribution in [2.45, 2.75) is 83.7 Å². The standard InChI is InChI=1S/C15H34O3P2/c1-6-9-12-15(13-10-7-2,14-11-8-3)19-18-20(16-4)17-5/h19H,6-14H2,1-5H3. The van der Waals surface area contributed by atoms with Gasteiger partial charge in [0.2, 0.25) is 0 Å². The smallest absolute Gasteiger partial charge is 0.315 e. The summed E-state index contributed by atoms with van der Waals surface area (Å²) in [7, 11) is 2.66. The van der Waals surface area contributed by atoms with E-state index in [2.05, 4.69) is 20.8 Å². The molecule has 0 aromatic heterocycles. The molecule has 0 N–H and O–H groups in total. The molecule has 0 heterocycles. The first-order valence-electron chi connectivity index (χ1n) is 8.00. The van der Waals surface area contributed by atoms with Crippen LogP contribution in [0.15, 0.2) is 0 Å². The Labute approximate surface area is 129 Å². The Hall–Kier alpha value is 0.740. The van der Waals surface area contributed by atoms with Gasteiger partial charge in [-0.15, -0.1) is 0 Å². The van der Waals surface area contributed by atoms with Gasteiger partial charge >= 0.3 is 8.60 Å². The van der Waals surface area contributed by atoms with Gasteiger partial charge in [-0.05, 0) is 19.3 Å². The number of rotatable bonds is 14. The summed E-state index contributed by atoms with van der Waals surface area (Å²) in [6.45, 7) is 6.81. The maximum Gasteiger partial charge on any atom is 0.335 e. The van der Waals surface area contributed by atoms with Crippen molar-refractivity contribution < 1.29 is 13.4 Å². The predicted octanol–water partition coefficient (Wildman–Crippen LogP) is 6.43. The third-order valence-electron chi connectivity index (χ3n) is 3.66. The van der Waals surface area contributed by atoms with E-state index in [1.54, 1.807) is 14.2 Å². The van der Waals surface area contributed by atoms with Crippen LogP contribution < -0.4 is 0 Å². The number of hydrogen-bond donors (Lipinski definition) is 0. The Balaban J connectivity index is 4.64. The van der Waals surface area contributed by atoms with E-state index < -0.39 is 8.60 Å². The van der Waals surface area contributed by atoms with Crippen molar-refractivity contribution in [2.75, 3.05) is 14.2 Å². The van der Waals surface area contributed by atoms with Crippen LogP contribution in [0.4, 0.5) is 0 Å². The van der Waals surface area contributed by atoms with E-state index in [1.807, 2.05) is 0 Å². The molecule has 5 heteroatoms. The lowest BCUT2D eigenvalue weighted by Gasteiger charge is -2.34. The molecule has 0 aromatic carbocycles. The summed E-state index contributed by atoms with van der Waals surface area (Å²) in [4.78, 5) is 0. The zero-order chi connectivity index (χ0) is 15.3. The predicted molar refractivity (Wildman–Crippen MR) is 91.6 cm³/mol. The van der Waals surface area contributed by atoms with Gasteiger partial charge in [0.25, 0.3) is 0 Å². The van der Waals surface area contributed by atoms with Gasteiger partial charge in [-0.3, -0.25) is 4.31 Å². The van der Waals surface area contributed by atoms with E-state index in [0.717, 1.165) is 0 Å². The molecule has 0 aliphatic carbocycles. The highest BCUT2D eigenvalue weighted by Crippen LogP contribution is 2.54. The summed E-state index contributed by atoms with van der Waals surface area (Å²) in [5.41, 5.74) is 0. The summed E-state index contributed by atoms with van der Waals surface area (Å²) in [5, 5.41) is 0.347. The molecule has 0 aliphatic heterocycles. The molecule has 0 saturated heterocycles. The quantitative estimate of drug-likeness (QED) is 0.345. The van der Waals surface area contributed by atoms with Crippen molar-refractivity contribution in [3.63, 3.8) is 0 Å². The minimum absolute atomic E-state index is 0.347. The topological polar surface area (TPSA) is 27.7 Å². The molecule has 1 unspecified atom stereocenters. The second-order valence-corrected chi connectivity index (χ2v) is 8.55. The lowest BCUT2D eigenvalue weighted by Crippen LogP contribution is -2.23. The number of hydrogen-bond acceptors (Lipinski definition) is 3. The lowest BCUT2D eigenvalue weighted by atomic mass is 9.90. The molecule has 0 aromatic rings. The van der Waals surface area contributed by atoms with Gasteiger partial charge in [0.05, 0.1) is 0 Å². The molecule has 122 valence electrons. The highest BCUT2D eigenvalue weighted by molar-refractivity contribution is 7.52. The average molecular weight is 324 g/mol. The summed E-state index contributed by atoms with van der Waals surface area (Å²) < 4.78 is 16.4. The average Bonchev–Trinajstić information content (AvgIpc) is 2.49. The van der Waals surface area contributed by atoms with Crippen molar-refractivity contribution in [2.24, 2.45) is 0 Å². The molecule has 0 spiro atoms. The fourth-order valence-corrected chi connectivity index (χ4v) is 5.01. The van der Waals surface area contributed by atoms with Crippen LogP contribution >= 0.6 is 17.4 Å². The third kappa shape index (κ3) is 8.90. The zero-order valence-corrected chi connectivity index (χ0v) is 15.9. The molecule has 20 heavy (non-hydrogen) atoms. The summed E-state index contributed by atoms with van der Waals surface area (Å²) in [6, 6.07) is 0. The molecule has 0 radical (unpaired) electrons. The Morgan fingerprint density at radius 2 is 1.20 bits per heavy atom. The van der Waals surface area contributed by atoms with E-state index >= 15 is 0 Å². The van der Waals surface area contributed by atoms with Crippen LogP contribution in [0, 0.1) is 0 Å². The van der Waals surface area contributed by atoms with Gasteiger partial charge in [0.15, 0.2) is 0 Å². The van der Waals surface area contributed by atoms with Crippen LogP contribution in [0.1, 0.15) is 78.6 Å². The van der Waals surface area contributed by atoms with E-state index in [0.29, 0.717) is 14.0 Å². The van der Waals surface area contributed by atoms with E-state index in [-0.39, 0.29) is 0 Å². The highest BCUT2D eigenvalue weighted by atomic mass is 31.2. The van der Waals surface area contributed by atoms with Gasteiger partial charge in [0, 0.05) is 28.2 Å². The Morgan fingerprint density at radius 1 is 0.800 bits per heavy atom. The van der Waals surface area contributed by atoms with Crippen molar-refractivity contribution in [1.82, 2.24) is 0 Å². The maximum atomic E-state index is 5.95. The highest BCUT2D eigenvalue weighted by Gasteiger charge is 2.30. The molecule has 0 bridgehead atoms. The lowest BCUT2D eigenvalue weighted by molar-refractivity contribution is 0.281. The molecular formula is C15H34O3P2. The summed E-state index contributed by atoms with van der Waals surface area (Å²) in [6.07, 6.45) is 11.5. The van der Waals surface area contributed by atoms with Crippen molar-refractivity contribution in [1.29, 1.82) is 0 Å². The molecule has 0 fully saturated rings. The minimum atomic E-state index is -1.15. The normalized spacial score (nSPS) is 12.9. The van der Waals surface area contributed by atoms with Gasteiger partial charge in [0.1, 0.15) is 0 Å². The molecule has 0 rings (SSSR count). The third-order valence-corrected chi connectivity index (χ3v) is 6.40. The van der Waals surface area contributed by atoms with Crippen LogP contribution in [-0.2, 0) is 13.4 Å². The second-order valence-electron chi connectivity index (χ2n) is 5.37. The van der Waals surface area contributed by atoms with Crippen LogP contribution in [0.5, 0.6) is 0 Å². The van der Waals surface area contributed by atoms with Gasteiger partial charge in [-0.1, -0.05) is 59.3 Å². The fraction of sp³-hybridized carbons (Fsp3) is 1.00. The van der Waals surface area contributed by atoms with Gasteiger partial charge in [-0.2, -0.15) is 0 Å². The van der Waals surface area contributed by atoms with E-state index in [9.17, 15) is 0 Å². The van der Waals surface area contributed by atoms with Crippen molar-refractivity contribution in [3.05, 3.63) is 0 Å². The Kier molecular flexibility index (Phi) is 13.9. The molecule has 0 aliphatic rings. The SMILES string of the molecule is CCCCC(CCCC)(CCCC)POP(OC)OC. The monoisotopic (exact) mass is 324 g/mol. The van der Waals surface area contributed by atoms with Crippen LogP contribution in [-0.4, -0.2) is 19.4 Å². The first kappa shape index (κ1) is 20.7. The first-order valence-corrected chi connectivity index (χ1v) is 10.0. The van der Waals surface area contributed by atoms with Crippen molar-refractivity contribution in [3.8, 4) is 0 Å². The largest absolute Gasteiger partial charge is 0.335 e. The second kappa shape index (κ2) is 13.4. The molecule has 0 amide bonds. The van der Waals surface area contributed by atoms with Gasteiger partial charge < -0.3 is 9.05 Å².